The average Bonchev–Trinajstić information content (AvgIpc) is 3.26. The molecule has 25 heavy (non-hydrogen) atoms. The van der Waals surface area contributed by atoms with Crippen LogP contribution in [0, 0.1) is 5.82 Å². The fourth-order valence-corrected chi connectivity index (χ4v) is 4.02. The molecule has 0 bridgehead atoms. The van der Waals surface area contributed by atoms with Crippen molar-refractivity contribution in [1.82, 2.24) is 14.4 Å². The maximum atomic E-state index is 12.9. The molecule has 0 fully saturated rings. The molecule has 0 saturated heterocycles. The summed E-state index contributed by atoms with van der Waals surface area (Å²) in [6.45, 7) is 0. The van der Waals surface area contributed by atoms with Gasteiger partial charge in [-0.2, -0.15) is 0 Å². The quantitative estimate of drug-likeness (QED) is 0.580. The monoisotopic (exact) mass is 372 g/mol. The van der Waals surface area contributed by atoms with Gasteiger partial charge in [-0.1, -0.05) is 12.1 Å². The summed E-state index contributed by atoms with van der Waals surface area (Å²) < 4.78 is 14.8. The van der Waals surface area contributed by atoms with Gasteiger partial charge >= 0.3 is 0 Å². The van der Waals surface area contributed by atoms with Crippen LogP contribution < -0.4 is 5.32 Å². The minimum absolute atomic E-state index is 0.145. The number of hydrogen-bond donors (Lipinski definition) is 1. The largest absolute Gasteiger partial charge is 0.302 e. The molecular formula is C17H13FN4OS2. The molecule has 3 aromatic heterocycles. The Kier molecular flexibility index (Phi) is 4.29. The molecule has 0 spiro atoms. The summed E-state index contributed by atoms with van der Waals surface area (Å²) in [6, 6.07) is 6.37. The van der Waals surface area contributed by atoms with E-state index < -0.39 is 0 Å². The summed E-state index contributed by atoms with van der Waals surface area (Å²) in [5.74, 6) is -0.395. The number of imidazole rings is 1. The van der Waals surface area contributed by atoms with Gasteiger partial charge in [0.2, 0.25) is 5.91 Å². The predicted molar refractivity (Wildman–Crippen MR) is 96.7 cm³/mol. The van der Waals surface area contributed by atoms with Crippen molar-refractivity contribution in [2.24, 2.45) is 0 Å². The van der Waals surface area contributed by atoms with Crippen molar-refractivity contribution in [3.05, 3.63) is 70.2 Å². The Morgan fingerprint density at radius 3 is 2.92 bits per heavy atom. The molecule has 1 N–H and O–H groups in total. The van der Waals surface area contributed by atoms with Crippen LogP contribution in [0.25, 0.3) is 4.96 Å². The number of carbonyl (C=O) groups is 1. The molecular weight excluding hydrogens is 359 g/mol. The first kappa shape index (κ1) is 15.9. The van der Waals surface area contributed by atoms with E-state index in [1.807, 2.05) is 22.2 Å². The number of benzene rings is 1. The maximum Gasteiger partial charge on any atom is 0.232 e. The van der Waals surface area contributed by atoms with E-state index in [-0.39, 0.29) is 18.1 Å². The van der Waals surface area contributed by atoms with Crippen molar-refractivity contribution in [3.63, 3.8) is 0 Å². The van der Waals surface area contributed by atoms with Crippen molar-refractivity contribution >= 4 is 38.7 Å². The number of amides is 1. The second kappa shape index (κ2) is 6.73. The Balaban J connectivity index is 1.37. The molecule has 0 aliphatic heterocycles. The topological polar surface area (TPSA) is 59.3 Å². The molecule has 0 saturated carbocycles. The van der Waals surface area contributed by atoms with Crippen LogP contribution in [0.4, 0.5) is 9.52 Å². The number of aromatic nitrogens is 3. The number of anilines is 1. The lowest BCUT2D eigenvalue weighted by Crippen LogP contribution is -2.14. The molecule has 0 unspecified atom stereocenters. The zero-order valence-corrected chi connectivity index (χ0v) is 14.6. The third-order valence-electron chi connectivity index (χ3n) is 3.58. The van der Waals surface area contributed by atoms with E-state index in [4.69, 9.17) is 0 Å². The van der Waals surface area contributed by atoms with Crippen LogP contribution in [0.3, 0.4) is 0 Å². The highest BCUT2D eigenvalue weighted by atomic mass is 32.1. The van der Waals surface area contributed by atoms with Crippen molar-refractivity contribution < 1.29 is 9.18 Å². The molecule has 1 amide bonds. The number of thiazole rings is 2. The van der Waals surface area contributed by atoms with Crippen LogP contribution in [0.5, 0.6) is 0 Å². The summed E-state index contributed by atoms with van der Waals surface area (Å²) >= 11 is 2.95. The predicted octanol–water partition coefficient (Wildman–Crippen LogP) is 3.76. The highest BCUT2D eigenvalue weighted by Gasteiger charge is 2.11. The Labute approximate surface area is 150 Å². The number of hydrogen-bond acceptors (Lipinski definition) is 5. The van der Waals surface area contributed by atoms with Gasteiger partial charge in [-0.15, -0.1) is 22.7 Å². The van der Waals surface area contributed by atoms with Gasteiger partial charge in [-0.3, -0.25) is 9.20 Å². The third kappa shape index (κ3) is 3.75. The van der Waals surface area contributed by atoms with Crippen LogP contribution in [-0.4, -0.2) is 20.3 Å². The zero-order valence-electron chi connectivity index (χ0n) is 13.0. The lowest BCUT2D eigenvalue weighted by molar-refractivity contribution is -0.115. The van der Waals surface area contributed by atoms with Crippen LogP contribution in [0.1, 0.15) is 16.1 Å². The zero-order chi connectivity index (χ0) is 17.2. The summed E-state index contributed by atoms with van der Waals surface area (Å²) in [6.07, 6.45) is 6.37. The second-order valence-electron chi connectivity index (χ2n) is 5.49. The van der Waals surface area contributed by atoms with Gasteiger partial charge in [0, 0.05) is 35.3 Å². The summed E-state index contributed by atoms with van der Waals surface area (Å²) in [4.78, 5) is 22.7. The van der Waals surface area contributed by atoms with Crippen molar-refractivity contribution in [2.75, 3.05) is 5.32 Å². The first-order chi connectivity index (χ1) is 12.2. The Bertz CT molecular complexity index is 990. The molecule has 126 valence electrons. The molecule has 8 heteroatoms. The second-order valence-corrected chi connectivity index (χ2v) is 7.47. The number of carbonyl (C=O) groups excluding carboxylic acids is 1. The number of fused-ring (bicyclic) bond motifs is 1. The number of nitrogens with one attached hydrogen (secondary N) is 1. The molecule has 0 aliphatic carbocycles. The van der Waals surface area contributed by atoms with Crippen molar-refractivity contribution in [2.45, 2.75) is 12.8 Å². The Morgan fingerprint density at radius 1 is 1.28 bits per heavy atom. The van der Waals surface area contributed by atoms with Gasteiger partial charge in [0.15, 0.2) is 10.1 Å². The van der Waals surface area contributed by atoms with E-state index in [0.29, 0.717) is 11.6 Å². The highest BCUT2D eigenvalue weighted by molar-refractivity contribution is 7.15. The first-order valence-corrected chi connectivity index (χ1v) is 9.25. The molecule has 0 aliphatic rings. The number of rotatable bonds is 5. The van der Waals surface area contributed by atoms with Crippen molar-refractivity contribution in [1.29, 1.82) is 0 Å². The molecule has 3 heterocycles. The summed E-state index contributed by atoms with van der Waals surface area (Å²) in [7, 11) is 0. The third-order valence-corrected chi connectivity index (χ3v) is 5.26. The van der Waals surface area contributed by atoms with Crippen LogP contribution >= 0.6 is 22.7 Å². The van der Waals surface area contributed by atoms with E-state index in [1.165, 1.54) is 34.8 Å². The fraction of sp³-hybridized carbons (Fsp3) is 0.118. The number of halogens is 1. The molecule has 1 aromatic carbocycles. The minimum Gasteiger partial charge on any atom is -0.302 e. The Morgan fingerprint density at radius 2 is 2.12 bits per heavy atom. The standard InChI is InChI=1S/C17H13FN4OS2/c18-12-3-1-11(2-4-12)7-14-9-19-16(25-14)21-15(23)8-13-10-22-5-6-24-17(22)20-13/h1-6,9-10H,7-8H2,(H,19,21,23). The fourth-order valence-electron chi connectivity index (χ4n) is 2.44. The number of nitrogens with zero attached hydrogens (tertiary/aromatic N) is 3. The molecule has 0 radical (unpaired) electrons. The SMILES string of the molecule is O=C(Cc1cn2ccsc2n1)Nc1ncc(Cc2ccc(F)cc2)s1. The lowest BCUT2D eigenvalue weighted by Gasteiger charge is -1.99. The van der Waals surface area contributed by atoms with Gasteiger partial charge in [0.1, 0.15) is 5.82 Å². The van der Waals surface area contributed by atoms with Crippen LogP contribution in [0.15, 0.2) is 48.2 Å². The van der Waals surface area contributed by atoms with E-state index in [2.05, 4.69) is 15.3 Å². The minimum atomic E-state index is -0.250. The van der Waals surface area contributed by atoms with E-state index >= 15 is 0 Å². The first-order valence-electron chi connectivity index (χ1n) is 7.56. The normalized spacial score (nSPS) is 11.1. The van der Waals surface area contributed by atoms with Gasteiger partial charge < -0.3 is 5.32 Å². The van der Waals surface area contributed by atoms with Gasteiger partial charge in [0.05, 0.1) is 12.1 Å². The van der Waals surface area contributed by atoms with Gasteiger partial charge in [-0.25, -0.2) is 14.4 Å². The van der Waals surface area contributed by atoms with E-state index in [0.717, 1.165) is 21.1 Å². The highest BCUT2D eigenvalue weighted by Crippen LogP contribution is 2.21. The van der Waals surface area contributed by atoms with E-state index in [9.17, 15) is 9.18 Å². The van der Waals surface area contributed by atoms with Gasteiger partial charge in [0.25, 0.3) is 0 Å². The summed E-state index contributed by atoms with van der Waals surface area (Å²) in [5, 5.41) is 5.31. The maximum absolute atomic E-state index is 12.9. The molecule has 4 aromatic rings. The lowest BCUT2D eigenvalue weighted by atomic mass is 10.1. The van der Waals surface area contributed by atoms with Crippen molar-refractivity contribution in [3.8, 4) is 0 Å². The molecule has 5 nitrogen and oxygen atoms in total. The Hall–Kier alpha value is -2.58. The van der Waals surface area contributed by atoms with Crippen LogP contribution in [-0.2, 0) is 17.6 Å². The summed E-state index contributed by atoms with van der Waals surface area (Å²) in [5.41, 5.74) is 1.73. The van der Waals surface area contributed by atoms with Crippen LogP contribution in [0.2, 0.25) is 0 Å². The van der Waals surface area contributed by atoms with E-state index in [1.54, 1.807) is 18.3 Å². The molecule has 0 atom stereocenters. The smallest absolute Gasteiger partial charge is 0.232 e. The average molecular weight is 372 g/mol. The molecule has 4 rings (SSSR count). The van der Waals surface area contributed by atoms with Gasteiger partial charge in [-0.05, 0) is 17.7 Å².